The number of amides is 1. The van der Waals surface area contributed by atoms with E-state index >= 15 is 0 Å². The molecule has 0 aliphatic rings. The van der Waals surface area contributed by atoms with Crippen LogP contribution in [0.15, 0.2) is 82.4 Å². The maximum atomic E-state index is 13.3. The van der Waals surface area contributed by atoms with Crippen LogP contribution >= 0.6 is 11.8 Å². The van der Waals surface area contributed by atoms with Gasteiger partial charge in [-0.15, -0.1) is 10.2 Å². The zero-order valence-corrected chi connectivity index (χ0v) is 18.8. The Morgan fingerprint density at radius 1 is 0.969 bits per heavy atom. The number of thioether (sulfide) groups is 1. The molecule has 0 bridgehead atoms. The summed E-state index contributed by atoms with van der Waals surface area (Å²) in [6.07, 6.45) is 0. The molecule has 3 aromatic carbocycles. The number of ether oxygens (including phenoxy) is 1. The largest absolute Gasteiger partial charge is 0.497 e. The van der Waals surface area contributed by atoms with Crippen LogP contribution in [-0.2, 0) is 4.79 Å². The Hall–Kier alpha value is -3.58. The smallest absolute Gasteiger partial charge is 0.277 e. The van der Waals surface area contributed by atoms with Crippen LogP contribution < -0.4 is 10.1 Å². The number of hydrogen-bond acceptors (Lipinski definition) is 6. The topological polar surface area (TPSA) is 77.2 Å². The van der Waals surface area contributed by atoms with Crippen molar-refractivity contribution in [2.24, 2.45) is 0 Å². The third-order valence-electron chi connectivity index (χ3n) is 4.79. The molecule has 32 heavy (non-hydrogen) atoms. The van der Waals surface area contributed by atoms with Gasteiger partial charge in [-0.1, -0.05) is 36.4 Å². The molecule has 4 rings (SSSR count). The molecule has 0 radical (unpaired) electrons. The third kappa shape index (κ3) is 5.18. The standard InChI is InChI=1S/C25H23N3O3S/c1-16-13-17(2)15-20(14-16)26-23(29)22(18-7-5-4-6-8-18)32-25-28-27-24(31-25)19-9-11-21(30-3)12-10-19/h4-15,22H,1-3H3,(H,26,29). The zero-order chi connectivity index (χ0) is 22.5. The molecule has 1 atom stereocenters. The summed E-state index contributed by atoms with van der Waals surface area (Å²) in [4.78, 5) is 13.3. The number of aromatic nitrogens is 2. The Balaban J connectivity index is 1.57. The summed E-state index contributed by atoms with van der Waals surface area (Å²) >= 11 is 1.22. The quantitative estimate of drug-likeness (QED) is 0.361. The summed E-state index contributed by atoms with van der Waals surface area (Å²) in [5.41, 5.74) is 4.57. The van der Waals surface area contributed by atoms with Crippen molar-refractivity contribution in [1.82, 2.24) is 10.2 Å². The molecule has 0 spiro atoms. The first kappa shape index (κ1) is 21.6. The van der Waals surface area contributed by atoms with E-state index in [0.717, 1.165) is 33.7 Å². The van der Waals surface area contributed by atoms with E-state index < -0.39 is 5.25 Å². The number of methoxy groups -OCH3 is 1. The molecule has 1 amide bonds. The first-order valence-corrected chi connectivity index (χ1v) is 11.0. The van der Waals surface area contributed by atoms with Crippen LogP contribution in [0.1, 0.15) is 21.9 Å². The molecule has 6 nitrogen and oxygen atoms in total. The number of rotatable bonds is 7. The first-order valence-electron chi connectivity index (χ1n) is 10.1. The van der Waals surface area contributed by atoms with Crippen LogP contribution in [0.4, 0.5) is 5.69 Å². The lowest BCUT2D eigenvalue weighted by molar-refractivity contribution is -0.115. The molecule has 1 aromatic heterocycles. The Kier molecular flexibility index (Phi) is 6.56. The van der Waals surface area contributed by atoms with Crippen molar-refractivity contribution in [1.29, 1.82) is 0 Å². The minimum Gasteiger partial charge on any atom is -0.497 e. The van der Waals surface area contributed by atoms with Crippen LogP contribution in [0.2, 0.25) is 0 Å². The molecule has 0 saturated carbocycles. The Labute approximate surface area is 191 Å². The Morgan fingerprint density at radius 3 is 2.31 bits per heavy atom. The van der Waals surface area contributed by atoms with Crippen LogP contribution in [0.25, 0.3) is 11.5 Å². The van der Waals surface area contributed by atoms with Gasteiger partial charge < -0.3 is 14.5 Å². The maximum absolute atomic E-state index is 13.3. The molecule has 7 heteroatoms. The highest BCUT2D eigenvalue weighted by atomic mass is 32.2. The number of benzene rings is 3. The molecule has 1 heterocycles. The van der Waals surface area contributed by atoms with Gasteiger partial charge in [0.05, 0.1) is 7.11 Å². The van der Waals surface area contributed by atoms with Gasteiger partial charge in [0.15, 0.2) is 0 Å². The molecule has 1 N–H and O–H groups in total. The minimum absolute atomic E-state index is 0.157. The fourth-order valence-corrected chi connectivity index (χ4v) is 4.24. The minimum atomic E-state index is -0.554. The van der Waals surface area contributed by atoms with E-state index in [1.807, 2.05) is 80.6 Å². The average molecular weight is 446 g/mol. The summed E-state index contributed by atoms with van der Waals surface area (Å²) in [5.74, 6) is 0.974. The fraction of sp³-hybridized carbons (Fsp3) is 0.160. The SMILES string of the molecule is COc1ccc(-c2nnc(SC(C(=O)Nc3cc(C)cc(C)c3)c3ccccc3)o2)cc1. The van der Waals surface area contributed by atoms with Gasteiger partial charge in [0, 0.05) is 11.3 Å². The molecular formula is C25H23N3O3S. The van der Waals surface area contributed by atoms with Gasteiger partial charge in [-0.25, -0.2) is 0 Å². The van der Waals surface area contributed by atoms with E-state index in [1.54, 1.807) is 7.11 Å². The highest BCUT2D eigenvalue weighted by Crippen LogP contribution is 2.37. The third-order valence-corrected chi connectivity index (χ3v) is 5.88. The number of nitrogens with one attached hydrogen (secondary N) is 1. The van der Waals surface area contributed by atoms with Gasteiger partial charge in [0.2, 0.25) is 11.8 Å². The van der Waals surface area contributed by atoms with Gasteiger partial charge >= 0.3 is 0 Å². The maximum Gasteiger partial charge on any atom is 0.277 e. The number of hydrogen-bond donors (Lipinski definition) is 1. The lowest BCUT2D eigenvalue weighted by Crippen LogP contribution is -2.19. The molecule has 162 valence electrons. The molecular weight excluding hydrogens is 422 g/mol. The highest BCUT2D eigenvalue weighted by molar-refractivity contribution is 8.00. The second kappa shape index (κ2) is 9.70. The van der Waals surface area contributed by atoms with E-state index in [-0.39, 0.29) is 5.91 Å². The van der Waals surface area contributed by atoms with Crippen molar-refractivity contribution in [2.45, 2.75) is 24.3 Å². The molecule has 0 aliphatic carbocycles. The van der Waals surface area contributed by atoms with Gasteiger partial charge in [0.25, 0.3) is 5.22 Å². The van der Waals surface area contributed by atoms with Crippen LogP contribution in [0.3, 0.4) is 0 Å². The predicted molar refractivity (Wildman–Crippen MR) is 126 cm³/mol. The van der Waals surface area contributed by atoms with E-state index in [1.165, 1.54) is 11.8 Å². The summed E-state index contributed by atoms with van der Waals surface area (Å²) < 4.78 is 11.0. The van der Waals surface area contributed by atoms with Gasteiger partial charge in [-0.05, 0) is 78.7 Å². The summed E-state index contributed by atoms with van der Waals surface area (Å²) in [6.45, 7) is 4.01. The van der Waals surface area contributed by atoms with Crippen molar-refractivity contribution in [3.05, 3.63) is 89.5 Å². The lowest BCUT2D eigenvalue weighted by atomic mass is 10.1. The molecule has 0 fully saturated rings. The summed E-state index contributed by atoms with van der Waals surface area (Å²) in [7, 11) is 1.61. The highest BCUT2D eigenvalue weighted by Gasteiger charge is 2.25. The monoisotopic (exact) mass is 445 g/mol. The summed E-state index contributed by atoms with van der Waals surface area (Å²) in [5, 5.41) is 11.1. The first-order chi connectivity index (χ1) is 15.5. The van der Waals surface area contributed by atoms with E-state index in [2.05, 4.69) is 21.6 Å². The number of carbonyl (C=O) groups excluding carboxylic acids is 1. The predicted octanol–water partition coefficient (Wildman–Crippen LogP) is 5.83. The zero-order valence-electron chi connectivity index (χ0n) is 18.0. The van der Waals surface area contributed by atoms with E-state index in [4.69, 9.17) is 9.15 Å². The van der Waals surface area contributed by atoms with Gasteiger partial charge in [-0.2, -0.15) is 0 Å². The van der Waals surface area contributed by atoms with E-state index in [9.17, 15) is 4.79 Å². The fourth-order valence-electron chi connectivity index (χ4n) is 3.36. The molecule has 0 aliphatic heterocycles. The van der Waals surface area contributed by atoms with Crippen molar-refractivity contribution in [3.63, 3.8) is 0 Å². The van der Waals surface area contributed by atoms with Crippen molar-refractivity contribution in [3.8, 4) is 17.2 Å². The second-order valence-electron chi connectivity index (χ2n) is 7.38. The van der Waals surface area contributed by atoms with Crippen molar-refractivity contribution in [2.75, 3.05) is 12.4 Å². The molecule has 0 saturated heterocycles. The van der Waals surface area contributed by atoms with Gasteiger partial charge in [0.1, 0.15) is 11.0 Å². The normalized spacial score (nSPS) is 11.7. The molecule has 4 aromatic rings. The number of nitrogens with zero attached hydrogens (tertiary/aromatic N) is 2. The number of anilines is 1. The van der Waals surface area contributed by atoms with E-state index in [0.29, 0.717) is 11.1 Å². The number of carbonyl (C=O) groups is 1. The van der Waals surface area contributed by atoms with Crippen LogP contribution in [0, 0.1) is 13.8 Å². The second-order valence-corrected chi connectivity index (χ2v) is 8.43. The Bertz CT molecular complexity index is 1190. The molecule has 1 unspecified atom stereocenters. The van der Waals surface area contributed by atoms with Crippen molar-refractivity contribution < 1.29 is 13.9 Å². The summed E-state index contributed by atoms with van der Waals surface area (Å²) in [6, 6.07) is 22.9. The lowest BCUT2D eigenvalue weighted by Gasteiger charge is -2.16. The average Bonchev–Trinajstić information content (AvgIpc) is 3.26. The number of aryl methyl sites for hydroxylation is 2. The Morgan fingerprint density at radius 2 is 1.66 bits per heavy atom. The van der Waals surface area contributed by atoms with Crippen LogP contribution in [-0.4, -0.2) is 23.2 Å². The van der Waals surface area contributed by atoms with Crippen molar-refractivity contribution >= 4 is 23.4 Å². The van der Waals surface area contributed by atoms with Gasteiger partial charge in [-0.3, -0.25) is 4.79 Å². The van der Waals surface area contributed by atoms with Crippen LogP contribution in [0.5, 0.6) is 5.75 Å².